The average molecular weight is 375 g/mol. The van der Waals surface area contributed by atoms with Crippen molar-refractivity contribution in [1.82, 2.24) is 10.6 Å². The predicted molar refractivity (Wildman–Crippen MR) is 108 cm³/mol. The van der Waals surface area contributed by atoms with Gasteiger partial charge in [-0.1, -0.05) is 43.3 Å². The Morgan fingerprint density at radius 3 is 2.44 bits per heavy atom. The molecule has 27 heavy (non-hydrogen) atoms. The Bertz CT molecular complexity index is 610. The van der Waals surface area contributed by atoms with Crippen molar-refractivity contribution in [3.05, 3.63) is 42.0 Å². The molecule has 0 saturated carbocycles. The first kappa shape index (κ1) is 21.1. The van der Waals surface area contributed by atoms with Crippen LogP contribution in [0, 0.1) is 0 Å². The van der Waals surface area contributed by atoms with Gasteiger partial charge in [0, 0.05) is 6.54 Å². The zero-order valence-electron chi connectivity index (χ0n) is 16.6. The fourth-order valence-corrected chi connectivity index (χ4v) is 3.25. The number of carbonyl (C=O) groups is 2. The molecule has 0 spiro atoms. The van der Waals surface area contributed by atoms with Crippen molar-refractivity contribution in [1.29, 1.82) is 0 Å². The maximum absolute atomic E-state index is 12.2. The van der Waals surface area contributed by atoms with Gasteiger partial charge in [0.25, 0.3) is 5.91 Å². The van der Waals surface area contributed by atoms with Gasteiger partial charge in [0.1, 0.15) is 32.2 Å². The Morgan fingerprint density at radius 2 is 1.78 bits per heavy atom. The Balaban J connectivity index is 1.64. The highest BCUT2D eigenvalue weighted by molar-refractivity contribution is 5.87. The third-order valence-corrected chi connectivity index (χ3v) is 4.91. The van der Waals surface area contributed by atoms with Gasteiger partial charge in [0.15, 0.2) is 6.54 Å². The molecule has 1 aliphatic rings. The first-order valence-corrected chi connectivity index (χ1v) is 10.0. The summed E-state index contributed by atoms with van der Waals surface area (Å²) >= 11 is 0. The quantitative estimate of drug-likeness (QED) is 0.426. The Morgan fingerprint density at radius 1 is 1.11 bits per heavy atom. The zero-order chi connectivity index (χ0) is 19.5. The number of hydrogen-bond donors (Lipinski definition) is 4. The fraction of sp³-hybridized carbons (Fsp3) is 0.524. The second-order valence-electron chi connectivity index (χ2n) is 7.27. The van der Waals surface area contributed by atoms with Crippen LogP contribution in [0.1, 0.15) is 25.8 Å². The molecule has 6 heteroatoms. The minimum absolute atomic E-state index is 0.0448. The lowest BCUT2D eigenvalue weighted by molar-refractivity contribution is -1.01. The molecule has 1 saturated heterocycles. The van der Waals surface area contributed by atoms with E-state index in [1.54, 1.807) is 11.8 Å². The molecule has 1 aromatic carbocycles. The Hall–Kier alpha value is -2.18. The molecule has 0 aliphatic carbocycles. The zero-order valence-corrected chi connectivity index (χ0v) is 16.6. The topological polar surface area (TPSA) is 67.1 Å². The van der Waals surface area contributed by atoms with Crippen molar-refractivity contribution in [3.8, 4) is 0 Å². The number of amides is 2. The molecule has 1 aliphatic heterocycles. The maximum atomic E-state index is 12.2. The van der Waals surface area contributed by atoms with Crippen LogP contribution in [-0.2, 0) is 9.59 Å². The molecule has 148 valence electrons. The van der Waals surface area contributed by atoms with Crippen molar-refractivity contribution in [2.45, 2.75) is 26.3 Å². The average Bonchev–Trinajstić information content (AvgIpc) is 2.68. The van der Waals surface area contributed by atoms with Gasteiger partial charge in [0.05, 0.1) is 6.54 Å². The number of rotatable bonds is 9. The van der Waals surface area contributed by atoms with Crippen LogP contribution in [0.2, 0.25) is 0 Å². The summed E-state index contributed by atoms with van der Waals surface area (Å²) in [6.07, 6.45) is 5.30. The maximum Gasteiger partial charge on any atom is 0.275 e. The number of hydrogen-bond acceptors (Lipinski definition) is 2. The van der Waals surface area contributed by atoms with Crippen molar-refractivity contribution < 1.29 is 19.4 Å². The van der Waals surface area contributed by atoms with E-state index in [0.29, 0.717) is 13.1 Å². The lowest BCUT2D eigenvalue weighted by Gasteiger charge is -2.29. The van der Waals surface area contributed by atoms with Crippen LogP contribution in [0.15, 0.2) is 36.4 Å². The second-order valence-corrected chi connectivity index (χ2v) is 7.27. The lowest BCUT2D eigenvalue weighted by Crippen LogP contribution is -3.28. The highest BCUT2D eigenvalue weighted by atomic mass is 16.2. The Labute approximate surface area is 162 Å². The minimum Gasteiger partial charge on any atom is -0.354 e. The molecule has 6 nitrogen and oxygen atoms in total. The number of carbonyl (C=O) groups excluding carboxylic acids is 2. The van der Waals surface area contributed by atoms with Crippen LogP contribution in [0.4, 0.5) is 0 Å². The minimum atomic E-state index is -0.474. The molecule has 1 fully saturated rings. The van der Waals surface area contributed by atoms with E-state index in [1.165, 1.54) is 10.5 Å². The molecular formula is C21H34N4O2+2. The van der Waals surface area contributed by atoms with E-state index in [0.717, 1.165) is 39.1 Å². The summed E-state index contributed by atoms with van der Waals surface area (Å²) in [5.41, 5.74) is 1.23. The normalized spacial score (nSPS) is 21.0. The molecule has 1 heterocycles. The van der Waals surface area contributed by atoms with Gasteiger partial charge in [-0.2, -0.15) is 0 Å². The van der Waals surface area contributed by atoms with Crippen LogP contribution in [-0.4, -0.2) is 63.7 Å². The molecule has 0 radical (unpaired) electrons. The first-order valence-electron chi connectivity index (χ1n) is 10.0. The SMILES string of the molecule is CCCNC(=O)[C@H](C)NC(=O)C[NH+]1CC[NH+](C/C=C/c2ccccc2)CC1. The van der Waals surface area contributed by atoms with E-state index in [1.807, 2.05) is 25.1 Å². The standard InChI is InChI=1S/C21H32N4O2/c1-3-11-22-21(27)18(2)23-20(26)17-25-15-13-24(14-16-25)12-7-10-19-8-5-4-6-9-19/h4-10,18H,3,11-17H2,1-2H3,(H,22,27)(H,23,26)/p+2/b10-7+/t18-/m0/s1. The summed E-state index contributed by atoms with van der Waals surface area (Å²) in [6.45, 7) is 9.94. The largest absolute Gasteiger partial charge is 0.354 e. The molecule has 2 amide bonds. The first-order chi connectivity index (χ1) is 13.1. The third kappa shape index (κ3) is 7.93. The van der Waals surface area contributed by atoms with Gasteiger partial charge >= 0.3 is 0 Å². The van der Waals surface area contributed by atoms with E-state index < -0.39 is 6.04 Å². The van der Waals surface area contributed by atoms with Crippen LogP contribution in [0.5, 0.6) is 0 Å². The third-order valence-electron chi connectivity index (χ3n) is 4.91. The molecule has 1 aromatic rings. The number of benzene rings is 1. The van der Waals surface area contributed by atoms with Gasteiger partial charge < -0.3 is 20.4 Å². The number of quaternary nitrogens is 2. The summed E-state index contributed by atoms with van der Waals surface area (Å²) in [5, 5.41) is 5.62. The van der Waals surface area contributed by atoms with Crippen molar-refractivity contribution in [3.63, 3.8) is 0 Å². The molecule has 0 bridgehead atoms. The Kier molecular flexibility index (Phi) is 9.01. The monoisotopic (exact) mass is 374 g/mol. The number of nitrogens with one attached hydrogen (secondary N) is 4. The van der Waals surface area contributed by atoms with E-state index in [-0.39, 0.29) is 11.8 Å². The molecule has 4 N–H and O–H groups in total. The summed E-state index contributed by atoms with van der Waals surface area (Å²) in [6, 6.07) is 9.87. The van der Waals surface area contributed by atoms with E-state index in [9.17, 15) is 9.59 Å². The molecule has 0 aromatic heterocycles. The van der Waals surface area contributed by atoms with Gasteiger partial charge in [-0.3, -0.25) is 9.59 Å². The van der Waals surface area contributed by atoms with Crippen LogP contribution < -0.4 is 20.4 Å². The second kappa shape index (κ2) is 11.5. The summed E-state index contributed by atoms with van der Waals surface area (Å²) < 4.78 is 0. The molecule has 0 unspecified atom stereocenters. The predicted octanol–water partition coefficient (Wildman–Crippen LogP) is -1.49. The van der Waals surface area contributed by atoms with Gasteiger partial charge in [-0.15, -0.1) is 0 Å². The van der Waals surface area contributed by atoms with Crippen LogP contribution in [0.25, 0.3) is 6.08 Å². The van der Waals surface area contributed by atoms with E-state index >= 15 is 0 Å². The van der Waals surface area contributed by atoms with E-state index in [4.69, 9.17) is 0 Å². The van der Waals surface area contributed by atoms with Crippen LogP contribution in [0.3, 0.4) is 0 Å². The molecular weight excluding hydrogens is 340 g/mol. The van der Waals surface area contributed by atoms with Crippen LogP contribution >= 0.6 is 0 Å². The lowest BCUT2D eigenvalue weighted by atomic mass is 10.2. The highest BCUT2D eigenvalue weighted by Gasteiger charge is 2.25. The summed E-state index contributed by atoms with van der Waals surface area (Å²) in [7, 11) is 0. The highest BCUT2D eigenvalue weighted by Crippen LogP contribution is 1.99. The summed E-state index contributed by atoms with van der Waals surface area (Å²) in [4.78, 5) is 26.9. The van der Waals surface area contributed by atoms with Crippen molar-refractivity contribution in [2.75, 3.05) is 45.8 Å². The molecule has 1 atom stereocenters. The number of piperazine rings is 1. The van der Waals surface area contributed by atoms with Gasteiger partial charge in [-0.25, -0.2) is 0 Å². The van der Waals surface area contributed by atoms with Gasteiger partial charge in [0.2, 0.25) is 5.91 Å². The summed E-state index contributed by atoms with van der Waals surface area (Å²) in [5.74, 6) is -0.156. The molecule has 2 rings (SSSR count). The smallest absolute Gasteiger partial charge is 0.275 e. The van der Waals surface area contributed by atoms with Gasteiger partial charge in [-0.05, 0) is 25.0 Å². The van der Waals surface area contributed by atoms with Crippen molar-refractivity contribution in [2.24, 2.45) is 0 Å². The van der Waals surface area contributed by atoms with Crippen molar-refractivity contribution >= 4 is 17.9 Å². The fourth-order valence-electron chi connectivity index (χ4n) is 3.25. The van der Waals surface area contributed by atoms with E-state index in [2.05, 4.69) is 34.9 Å².